The molecule has 0 fully saturated rings. The largest absolute Gasteiger partial charge is 0.289 e. The first-order valence-corrected chi connectivity index (χ1v) is 4.95. The first kappa shape index (κ1) is 7.80. The number of nitrogens with zero attached hydrogens (tertiary/aromatic N) is 2. The molecule has 0 aliphatic carbocycles. The first-order chi connectivity index (χ1) is 6.79. The first-order valence-electron chi connectivity index (χ1n) is 4.95. The minimum absolute atomic E-state index is 0.474. The highest BCUT2D eigenvalue weighted by Crippen LogP contribution is 2.36. The summed E-state index contributed by atoms with van der Waals surface area (Å²) in [5.41, 5.74) is 2.80. The zero-order valence-electron chi connectivity index (χ0n) is 8.44. The summed E-state index contributed by atoms with van der Waals surface area (Å²) >= 11 is 0. The topological polar surface area (TPSA) is 8.81 Å². The van der Waals surface area contributed by atoms with Crippen molar-refractivity contribution in [1.29, 1.82) is 0 Å². The van der Waals surface area contributed by atoms with Gasteiger partial charge in [-0.2, -0.15) is 0 Å². The van der Waals surface area contributed by atoms with E-state index < -0.39 is 0 Å². The van der Waals surface area contributed by atoms with Crippen molar-refractivity contribution in [3.63, 3.8) is 0 Å². The van der Waals surface area contributed by atoms with Gasteiger partial charge in [0, 0.05) is 5.56 Å². The zero-order chi connectivity index (χ0) is 9.71. The molecule has 1 atom stereocenters. The molecule has 2 aromatic rings. The highest BCUT2D eigenvalue weighted by Gasteiger charge is 2.33. The SMILES string of the molecule is CC1c2ccccc2-c2n1cc[n+]2C. The Kier molecular flexibility index (Phi) is 1.38. The van der Waals surface area contributed by atoms with Crippen LogP contribution in [0.2, 0.25) is 0 Å². The van der Waals surface area contributed by atoms with Crippen LogP contribution >= 0.6 is 0 Å². The molecule has 70 valence electrons. The molecule has 1 aromatic carbocycles. The molecule has 0 N–H and O–H groups in total. The Morgan fingerprint density at radius 1 is 1.29 bits per heavy atom. The Morgan fingerprint density at radius 3 is 2.93 bits per heavy atom. The standard InChI is InChI=1S/C12H13N2/c1-9-10-5-3-4-6-11(10)12-13(2)7-8-14(9)12/h3-9H,1-2H3/q+1. The maximum Gasteiger partial charge on any atom is 0.289 e. The summed E-state index contributed by atoms with van der Waals surface area (Å²) in [4.78, 5) is 0. The smallest absolute Gasteiger partial charge is 0.233 e. The minimum Gasteiger partial charge on any atom is -0.233 e. The second-order valence-electron chi connectivity index (χ2n) is 3.90. The van der Waals surface area contributed by atoms with Crippen molar-refractivity contribution < 1.29 is 4.57 Å². The van der Waals surface area contributed by atoms with E-state index in [9.17, 15) is 0 Å². The molecular weight excluding hydrogens is 172 g/mol. The Bertz CT molecular complexity index is 497. The van der Waals surface area contributed by atoms with Crippen LogP contribution in [0.25, 0.3) is 11.4 Å². The van der Waals surface area contributed by atoms with Crippen molar-refractivity contribution in [3.05, 3.63) is 42.2 Å². The number of hydrogen-bond donors (Lipinski definition) is 0. The number of hydrogen-bond acceptors (Lipinski definition) is 0. The molecular formula is C12H13N2+. The molecule has 1 aromatic heterocycles. The Balaban J connectivity index is 2.38. The van der Waals surface area contributed by atoms with E-state index in [1.807, 2.05) is 0 Å². The van der Waals surface area contributed by atoms with Gasteiger partial charge in [-0.1, -0.05) is 18.2 Å². The third kappa shape index (κ3) is 0.782. The summed E-state index contributed by atoms with van der Waals surface area (Å²) in [7, 11) is 2.10. The lowest BCUT2D eigenvalue weighted by molar-refractivity contribution is -0.659. The van der Waals surface area contributed by atoms with Gasteiger partial charge in [0.15, 0.2) is 0 Å². The third-order valence-electron chi connectivity index (χ3n) is 3.10. The third-order valence-corrected chi connectivity index (χ3v) is 3.10. The van der Waals surface area contributed by atoms with Crippen LogP contribution in [0.4, 0.5) is 0 Å². The molecule has 0 amide bonds. The summed E-state index contributed by atoms with van der Waals surface area (Å²) in [5, 5.41) is 0. The number of benzene rings is 1. The molecule has 0 radical (unpaired) electrons. The summed E-state index contributed by atoms with van der Waals surface area (Å²) in [6.45, 7) is 2.25. The summed E-state index contributed by atoms with van der Waals surface area (Å²) < 4.78 is 4.51. The fraction of sp³-hybridized carbons (Fsp3) is 0.250. The number of aromatic nitrogens is 2. The van der Waals surface area contributed by atoms with Crippen LogP contribution in [0.15, 0.2) is 36.7 Å². The molecule has 0 spiro atoms. The van der Waals surface area contributed by atoms with Crippen LogP contribution in [0.1, 0.15) is 18.5 Å². The molecule has 0 bridgehead atoms. The molecule has 2 heteroatoms. The number of aryl methyl sites for hydroxylation is 1. The van der Waals surface area contributed by atoms with Gasteiger partial charge in [0.2, 0.25) is 0 Å². The Labute approximate surface area is 83.4 Å². The van der Waals surface area contributed by atoms with Crippen molar-refractivity contribution >= 4 is 0 Å². The van der Waals surface area contributed by atoms with E-state index in [4.69, 9.17) is 0 Å². The lowest BCUT2D eigenvalue weighted by Crippen LogP contribution is -2.27. The van der Waals surface area contributed by atoms with Gasteiger partial charge < -0.3 is 0 Å². The van der Waals surface area contributed by atoms with Gasteiger partial charge in [0.1, 0.15) is 18.4 Å². The van der Waals surface area contributed by atoms with Crippen LogP contribution in [0.5, 0.6) is 0 Å². The van der Waals surface area contributed by atoms with Crippen molar-refractivity contribution in [3.8, 4) is 11.4 Å². The lowest BCUT2D eigenvalue weighted by atomic mass is 10.1. The van der Waals surface area contributed by atoms with E-state index in [1.165, 1.54) is 17.0 Å². The minimum atomic E-state index is 0.474. The molecule has 14 heavy (non-hydrogen) atoms. The fourth-order valence-electron chi connectivity index (χ4n) is 2.35. The van der Waals surface area contributed by atoms with Gasteiger partial charge in [0.05, 0.1) is 12.6 Å². The molecule has 3 rings (SSSR count). The van der Waals surface area contributed by atoms with Crippen LogP contribution in [0, 0.1) is 0 Å². The maximum atomic E-state index is 2.32. The zero-order valence-corrected chi connectivity index (χ0v) is 8.44. The van der Waals surface area contributed by atoms with E-state index >= 15 is 0 Å². The number of rotatable bonds is 0. The number of imidazole rings is 1. The Hall–Kier alpha value is -1.57. The van der Waals surface area contributed by atoms with Gasteiger partial charge >= 0.3 is 0 Å². The summed E-state index contributed by atoms with van der Waals surface area (Å²) in [6.07, 6.45) is 4.27. The quantitative estimate of drug-likeness (QED) is 0.554. The second kappa shape index (κ2) is 2.47. The van der Waals surface area contributed by atoms with Crippen LogP contribution < -0.4 is 4.57 Å². The molecule has 1 aliphatic rings. The van der Waals surface area contributed by atoms with Crippen molar-refractivity contribution in [2.24, 2.45) is 7.05 Å². The van der Waals surface area contributed by atoms with E-state index in [2.05, 4.69) is 59.8 Å². The molecule has 2 heterocycles. The average Bonchev–Trinajstić information content (AvgIpc) is 2.70. The van der Waals surface area contributed by atoms with Crippen molar-refractivity contribution in [1.82, 2.24) is 4.57 Å². The van der Waals surface area contributed by atoms with Crippen molar-refractivity contribution in [2.45, 2.75) is 13.0 Å². The maximum absolute atomic E-state index is 2.32. The molecule has 1 aliphatic heterocycles. The predicted octanol–water partition coefficient (Wildman–Crippen LogP) is 1.90. The average molecular weight is 185 g/mol. The monoisotopic (exact) mass is 185 g/mol. The van der Waals surface area contributed by atoms with Gasteiger partial charge in [-0.15, -0.1) is 0 Å². The fourth-order valence-corrected chi connectivity index (χ4v) is 2.35. The second-order valence-corrected chi connectivity index (χ2v) is 3.90. The van der Waals surface area contributed by atoms with Gasteiger partial charge in [-0.3, -0.25) is 0 Å². The summed E-state index contributed by atoms with van der Waals surface area (Å²) in [5.74, 6) is 1.31. The van der Waals surface area contributed by atoms with Crippen LogP contribution in [-0.2, 0) is 7.05 Å². The van der Waals surface area contributed by atoms with Gasteiger partial charge in [-0.05, 0) is 13.0 Å². The highest BCUT2D eigenvalue weighted by molar-refractivity contribution is 5.63. The molecule has 2 nitrogen and oxygen atoms in total. The molecule has 1 unspecified atom stereocenters. The summed E-state index contributed by atoms with van der Waals surface area (Å²) in [6, 6.07) is 9.11. The lowest BCUT2D eigenvalue weighted by Gasteiger charge is -2.00. The van der Waals surface area contributed by atoms with Crippen LogP contribution in [-0.4, -0.2) is 4.57 Å². The number of fused-ring (bicyclic) bond motifs is 3. The van der Waals surface area contributed by atoms with E-state index in [0.717, 1.165) is 0 Å². The Morgan fingerprint density at radius 2 is 2.07 bits per heavy atom. The van der Waals surface area contributed by atoms with E-state index in [-0.39, 0.29) is 0 Å². The van der Waals surface area contributed by atoms with Gasteiger partial charge in [-0.25, -0.2) is 9.13 Å². The van der Waals surface area contributed by atoms with E-state index in [0.29, 0.717) is 6.04 Å². The molecule has 0 saturated heterocycles. The highest BCUT2D eigenvalue weighted by atomic mass is 15.2. The van der Waals surface area contributed by atoms with E-state index in [1.54, 1.807) is 0 Å². The van der Waals surface area contributed by atoms with Crippen molar-refractivity contribution in [2.75, 3.05) is 0 Å². The normalized spacial score (nSPS) is 18.0. The van der Waals surface area contributed by atoms with Crippen LogP contribution in [0.3, 0.4) is 0 Å². The molecule has 0 saturated carbocycles. The predicted molar refractivity (Wildman–Crippen MR) is 54.9 cm³/mol. The van der Waals surface area contributed by atoms with Gasteiger partial charge in [0.25, 0.3) is 5.82 Å².